The minimum atomic E-state index is 0.676. The summed E-state index contributed by atoms with van der Waals surface area (Å²) >= 11 is 0. The maximum atomic E-state index is 6.29. The molecule has 0 saturated carbocycles. The molecule has 3 aromatic heterocycles. The van der Waals surface area contributed by atoms with Crippen molar-refractivity contribution in [1.82, 2.24) is 14.5 Å². The van der Waals surface area contributed by atoms with Crippen molar-refractivity contribution >= 4 is 54.6 Å². The van der Waals surface area contributed by atoms with Gasteiger partial charge in [-0.05, 0) is 82.9 Å². The number of rotatable bonds is 5. The van der Waals surface area contributed by atoms with Crippen molar-refractivity contribution in [3.8, 4) is 50.6 Å². The third kappa shape index (κ3) is 4.85. The number of furan rings is 1. The van der Waals surface area contributed by atoms with Gasteiger partial charge in [0.2, 0.25) is 0 Å². The van der Waals surface area contributed by atoms with E-state index in [0.29, 0.717) is 5.82 Å². The average Bonchev–Trinajstić information content (AvgIpc) is 3.80. The van der Waals surface area contributed by atoms with Gasteiger partial charge >= 0.3 is 0 Å². The maximum absolute atomic E-state index is 6.29. The molecule has 0 saturated heterocycles. The zero-order valence-corrected chi connectivity index (χ0v) is 29.1. The Labute approximate surface area is 311 Å². The number of aromatic nitrogens is 3. The number of fused-ring (bicyclic) bond motifs is 8. The number of para-hydroxylation sites is 2. The Balaban J connectivity index is 1.11. The summed E-state index contributed by atoms with van der Waals surface area (Å²) in [6.07, 6.45) is 0. The van der Waals surface area contributed by atoms with Crippen molar-refractivity contribution in [3.05, 3.63) is 188 Å². The van der Waals surface area contributed by atoms with Crippen molar-refractivity contribution in [2.45, 2.75) is 0 Å². The van der Waals surface area contributed by atoms with Gasteiger partial charge < -0.3 is 8.98 Å². The van der Waals surface area contributed by atoms with Gasteiger partial charge in [0, 0.05) is 38.4 Å². The van der Waals surface area contributed by atoms with Crippen molar-refractivity contribution in [2.24, 2.45) is 0 Å². The predicted octanol–water partition coefficient (Wildman–Crippen LogP) is 13.3. The highest BCUT2D eigenvalue weighted by atomic mass is 16.3. The first-order valence-electron chi connectivity index (χ1n) is 18.2. The van der Waals surface area contributed by atoms with Gasteiger partial charge in [-0.2, -0.15) is 0 Å². The molecule has 0 atom stereocenters. The summed E-state index contributed by atoms with van der Waals surface area (Å²) in [5, 5.41) is 5.48. The molecular formula is C50H31N3O. The van der Waals surface area contributed by atoms with Gasteiger partial charge in [-0.25, -0.2) is 9.97 Å². The van der Waals surface area contributed by atoms with Crippen LogP contribution in [-0.2, 0) is 0 Å². The van der Waals surface area contributed by atoms with E-state index in [1.807, 2.05) is 24.3 Å². The molecule has 0 aliphatic carbocycles. The molecule has 252 valence electrons. The van der Waals surface area contributed by atoms with E-state index in [2.05, 4.69) is 168 Å². The summed E-state index contributed by atoms with van der Waals surface area (Å²) in [6, 6.07) is 66.2. The van der Waals surface area contributed by atoms with E-state index in [1.165, 1.54) is 32.9 Å². The van der Waals surface area contributed by atoms with Crippen LogP contribution in [0.3, 0.4) is 0 Å². The molecule has 0 spiro atoms. The second-order valence-corrected chi connectivity index (χ2v) is 13.8. The number of benzene rings is 8. The molecule has 11 aromatic rings. The zero-order chi connectivity index (χ0) is 35.6. The summed E-state index contributed by atoms with van der Waals surface area (Å²) in [6.45, 7) is 0. The van der Waals surface area contributed by atoms with E-state index in [4.69, 9.17) is 14.4 Å². The molecule has 0 N–H and O–H groups in total. The standard InChI is InChI=1S/C50H31N3O/c1-4-13-32(14-5-1)35-23-26-43-41(30-35)42-31-36(24-27-44(42)53(43)38-19-8-3-9-20-38)34-17-12-18-37(29-34)50-51-48(33-15-6-2-7-16-33)40-25-28-46-47(49(40)52-50)39-21-10-11-22-45(39)54-46/h1-31H. The number of hydrogen-bond acceptors (Lipinski definition) is 3. The largest absolute Gasteiger partial charge is 0.456 e. The van der Waals surface area contributed by atoms with Gasteiger partial charge in [-0.15, -0.1) is 0 Å². The molecule has 0 unspecified atom stereocenters. The predicted molar refractivity (Wildman–Crippen MR) is 223 cm³/mol. The Hall–Kier alpha value is -7.30. The van der Waals surface area contributed by atoms with Gasteiger partial charge in [-0.3, -0.25) is 0 Å². The Kier molecular flexibility index (Phi) is 6.82. The van der Waals surface area contributed by atoms with Crippen molar-refractivity contribution in [3.63, 3.8) is 0 Å². The van der Waals surface area contributed by atoms with Crippen LogP contribution in [0.2, 0.25) is 0 Å². The second-order valence-electron chi connectivity index (χ2n) is 13.8. The monoisotopic (exact) mass is 689 g/mol. The van der Waals surface area contributed by atoms with E-state index in [0.717, 1.165) is 66.5 Å². The second kappa shape index (κ2) is 12.1. The molecule has 54 heavy (non-hydrogen) atoms. The topological polar surface area (TPSA) is 43.9 Å². The fourth-order valence-corrected chi connectivity index (χ4v) is 8.05. The Morgan fingerprint density at radius 1 is 0.370 bits per heavy atom. The van der Waals surface area contributed by atoms with Crippen LogP contribution < -0.4 is 0 Å². The van der Waals surface area contributed by atoms with Crippen LogP contribution in [0.15, 0.2) is 192 Å². The first-order valence-corrected chi connectivity index (χ1v) is 18.2. The molecule has 4 nitrogen and oxygen atoms in total. The van der Waals surface area contributed by atoms with Crippen LogP contribution in [0.4, 0.5) is 0 Å². The molecule has 0 aliphatic rings. The van der Waals surface area contributed by atoms with Crippen LogP contribution in [-0.4, -0.2) is 14.5 Å². The normalized spacial score (nSPS) is 11.7. The van der Waals surface area contributed by atoms with Gasteiger partial charge in [-0.1, -0.05) is 127 Å². The quantitative estimate of drug-likeness (QED) is 0.181. The van der Waals surface area contributed by atoms with Crippen LogP contribution in [0.5, 0.6) is 0 Å². The van der Waals surface area contributed by atoms with E-state index in [-0.39, 0.29) is 0 Å². The van der Waals surface area contributed by atoms with Crippen LogP contribution in [0.25, 0.3) is 105 Å². The summed E-state index contributed by atoms with van der Waals surface area (Å²) < 4.78 is 8.66. The van der Waals surface area contributed by atoms with E-state index in [9.17, 15) is 0 Å². The van der Waals surface area contributed by atoms with Crippen molar-refractivity contribution < 1.29 is 4.42 Å². The Morgan fingerprint density at radius 3 is 1.70 bits per heavy atom. The molecule has 11 rings (SSSR count). The molecule has 0 aliphatic heterocycles. The third-order valence-corrected chi connectivity index (χ3v) is 10.6. The summed E-state index contributed by atoms with van der Waals surface area (Å²) in [5.41, 5.74) is 13.6. The van der Waals surface area contributed by atoms with E-state index >= 15 is 0 Å². The molecule has 3 heterocycles. The lowest BCUT2D eigenvalue weighted by Gasteiger charge is -2.11. The zero-order valence-electron chi connectivity index (χ0n) is 29.1. The lowest BCUT2D eigenvalue weighted by atomic mass is 9.99. The minimum Gasteiger partial charge on any atom is -0.456 e. The van der Waals surface area contributed by atoms with Gasteiger partial charge in [0.05, 0.1) is 27.6 Å². The Bertz CT molecular complexity index is 3200. The summed E-state index contributed by atoms with van der Waals surface area (Å²) in [4.78, 5) is 10.6. The highest BCUT2D eigenvalue weighted by Crippen LogP contribution is 2.40. The number of hydrogen-bond donors (Lipinski definition) is 0. The fourth-order valence-electron chi connectivity index (χ4n) is 8.05. The molecule has 8 aromatic carbocycles. The Morgan fingerprint density at radius 2 is 0.963 bits per heavy atom. The maximum Gasteiger partial charge on any atom is 0.160 e. The van der Waals surface area contributed by atoms with Crippen LogP contribution in [0, 0.1) is 0 Å². The van der Waals surface area contributed by atoms with E-state index < -0.39 is 0 Å². The minimum absolute atomic E-state index is 0.676. The molecule has 0 radical (unpaired) electrons. The molecule has 0 fully saturated rings. The van der Waals surface area contributed by atoms with Crippen molar-refractivity contribution in [1.29, 1.82) is 0 Å². The third-order valence-electron chi connectivity index (χ3n) is 10.6. The molecule has 4 heteroatoms. The molecule has 0 bridgehead atoms. The summed E-state index contributed by atoms with van der Waals surface area (Å²) in [5.74, 6) is 0.676. The fraction of sp³-hybridized carbons (Fsp3) is 0. The van der Waals surface area contributed by atoms with E-state index in [1.54, 1.807) is 0 Å². The first-order chi connectivity index (χ1) is 26.8. The van der Waals surface area contributed by atoms with Gasteiger partial charge in [0.1, 0.15) is 11.2 Å². The van der Waals surface area contributed by atoms with Crippen LogP contribution in [0.1, 0.15) is 0 Å². The van der Waals surface area contributed by atoms with Gasteiger partial charge in [0.15, 0.2) is 5.82 Å². The lowest BCUT2D eigenvalue weighted by molar-refractivity contribution is 0.669. The highest BCUT2D eigenvalue weighted by molar-refractivity contribution is 6.19. The summed E-state index contributed by atoms with van der Waals surface area (Å²) in [7, 11) is 0. The molecular weight excluding hydrogens is 659 g/mol. The van der Waals surface area contributed by atoms with Gasteiger partial charge in [0.25, 0.3) is 0 Å². The van der Waals surface area contributed by atoms with Crippen LogP contribution >= 0.6 is 0 Å². The lowest BCUT2D eigenvalue weighted by Crippen LogP contribution is -1.96. The first kappa shape index (κ1) is 30.3. The average molecular weight is 690 g/mol. The highest BCUT2D eigenvalue weighted by Gasteiger charge is 2.19. The molecule has 0 amide bonds. The van der Waals surface area contributed by atoms with Crippen molar-refractivity contribution in [2.75, 3.05) is 0 Å². The SMILES string of the molecule is c1ccc(-c2ccc3c(c2)c2cc(-c4cccc(-c5nc(-c6ccccc6)c6ccc7oc8ccccc8c7c6n5)c4)ccc2n3-c2ccccc2)cc1. The smallest absolute Gasteiger partial charge is 0.160 e. The number of nitrogens with zero attached hydrogens (tertiary/aromatic N) is 3.